The molecule has 3 rings (SSSR count). The molecule has 0 heterocycles. The Morgan fingerprint density at radius 1 is 0.605 bits per heavy atom. The number of halogens is 6. The van der Waals surface area contributed by atoms with Gasteiger partial charge in [-0.25, -0.2) is 30.4 Å². The lowest BCUT2D eigenvalue weighted by molar-refractivity contribution is -0.597. The van der Waals surface area contributed by atoms with Crippen LogP contribution in [0.1, 0.15) is 63.5 Å². The maximum absolute atomic E-state index is 12.6. The highest BCUT2D eigenvalue weighted by Crippen LogP contribution is 2.26. The fraction of sp³-hybridized carbons (Fsp3) is 0.357. The third-order valence-corrected chi connectivity index (χ3v) is 9.14. The number of hydrogen-bond donors (Lipinski definition) is 0. The van der Waals surface area contributed by atoms with Crippen LogP contribution in [0.25, 0.3) is 0 Å². The molecule has 3 aromatic carbocycles. The van der Waals surface area contributed by atoms with Crippen molar-refractivity contribution in [1.29, 1.82) is 0 Å². The van der Waals surface area contributed by atoms with Crippen molar-refractivity contribution in [3.63, 3.8) is 0 Å². The van der Waals surface area contributed by atoms with Crippen molar-refractivity contribution in [3.8, 4) is 0 Å². The first kappa shape index (κ1) is 32.2. The molecule has 0 atom stereocenters. The van der Waals surface area contributed by atoms with E-state index in [9.17, 15) is 34.9 Å². The van der Waals surface area contributed by atoms with Crippen LogP contribution in [0.2, 0.25) is 0 Å². The molecule has 0 saturated heterocycles. The van der Waals surface area contributed by atoms with Gasteiger partial charge < -0.3 is 4.55 Å². The SMILES string of the molecule is CCCCCc1ccc([I+]c2ccc(CCCCC)cc2)cc1.O=S(=O)([O-])c1c(F)c(F)c(F)c(F)c1F. The van der Waals surface area contributed by atoms with E-state index in [-0.39, 0.29) is 21.2 Å². The zero-order chi connectivity index (χ0) is 28.3. The molecule has 208 valence electrons. The van der Waals surface area contributed by atoms with Crippen LogP contribution in [0.5, 0.6) is 0 Å². The van der Waals surface area contributed by atoms with Crippen LogP contribution in [0.3, 0.4) is 0 Å². The minimum atomic E-state index is -5.77. The lowest BCUT2D eigenvalue weighted by Crippen LogP contribution is -3.61. The van der Waals surface area contributed by atoms with E-state index in [0.717, 1.165) is 0 Å². The highest BCUT2D eigenvalue weighted by Gasteiger charge is 2.29. The van der Waals surface area contributed by atoms with Gasteiger partial charge in [0.2, 0.25) is 5.82 Å². The standard InChI is InChI=1S/C22H30I.C6HF5O3S/c1-3-5-7-9-19-11-15-21(16-12-19)23-22-17-13-20(14-18-22)10-8-6-4-2;7-1-2(8)4(10)6(15(12,13)14)5(11)3(1)9/h11-18H,3-10H2,1-2H3;(H,12,13,14)/q+1;/p-1. The van der Waals surface area contributed by atoms with Gasteiger partial charge in [0.1, 0.15) is 15.0 Å². The van der Waals surface area contributed by atoms with Crippen LogP contribution >= 0.6 is 0 Å². The molecule has 38 heavy (non-hydrogen) atoms. The Balaban J connectivity index is 0.000000293. The number of benzene rings is 3. The second-order valence-electron chi connectivity index (χ2n) is 8.61. The zero-order valence-electron chi connectivity index (χ0n) is 21.2. The lowest BCUT2D eigenvalue weighted by atomic mass is 10.1. The molecule has 0 amide bonds. The molecule has 0 aliphatic rings. The molecule has 0 N–H and O–H groups in total. The number of rotatable bonds is 11. The zero-order valence-corrected chi connectivity index (χ0v) is 24.2. The summed E-state index contributed by atoms with van der Waals surface area (Å²) in [5, 5.41) is 0. The maximum atomic E-state index is 12.6. The number of hydrogen-bond acceptors (Lipinski definition) is 3. The molecule has 0 aromatic heterocycles. The van der Waals surface area contributed by atoms with Crippen LogP contribution in [-0.4, -0.2) is 13.0 Å². The molecule has 0 aliphatic carbocycles. The van der Waals surface area contributed by atoms with Gasteiger partial charge in [-0.15, -0.1) is 0 Å². The van der Waals surface area contributed by atoms with Gasteiger partial charge in [-0.3, -0.25) is 0 Å². The second-order valence-corrected chi connectivity index (χ2v) is 13.0. The fourth-order valence-electron chi connectivity index (χ4n) is 3.52. The normalized spacial score (nSPS) is 11.3. The van der Waals surface area contributed by atoms with Gasteiger partial charge in [-0.05, 0) is 61.1 Å². The molecule has 0 bridgehead atoms. The average Bonchev–Trinajstić information content (AvgIpc) is 2.88. The van der Waals surface area contributed by atoms with E-state index in [1.807, 2.05) is 0 Å². The van der Waals surface area contributed by atoms with E-state index < -0.39 is 44.1 Å². The Bertz CT molecular complexity index is 1200. The summed E-state index contributed by atoms with van der Waals surface area (Å²) >= 11 is -0.0305. The summed E-state index contributed by atoms with van der Waals surface area (Å²) < 4.78 is 96.0. The van der Waals surface area contributed by atoms with Gasteiger partial charge >= 0.3 is 21.2 Å². The summed E-state index contributed by atoms with van der Waals surface area (Å²) in [6.07, 6.45) is 10.4. The molecule has 3 aromatic rings. The first-order valence-electron chi connectivity index (χ1n) is 12.3. The predicted octanol–water partition coefficient (Wildman–Crippen LogP) is 4.57. The van der Waals surface area contributed by atoms with Gasteiger partial charge in [0.15, 0.2) is 30.4 Å². The molecule has 0 aliphatic heterocycles. The largest absolute Gasteiger partial charge is 0.744 e. The number of aryl methyl sites for hydroxylation is 2. The van der Waals surface area contributed by atoms with Crippen LogP contribution < -0.4 is 21.2 Å². The quantitative estimate of drug-likeness (QED) is 0.0753. The van der Waals surface area contributed by atoms with Crippen molar-refractivity contribution in [2.45, 2.75) is 70.1 Å². The minimum Gasteiger partial charge on any atom is -0.744 e. The smallest absolute Gasteiger partial charge is 0.357 e. The van der Waals surface area contributed by atoms with Crippen molar-refractivity contribution in [3.05, 3.63) is 95.9 Å². The highest BCUT2D eigenvalue weighted by molar-refractivity contribution is 7.85. The van der Waals surface area contributed by atoms with Crippen LogP contribution in [0, 0.1) is 36.2 Å². The third-order valence-electron chi connectivity index (χ3n) is 5.60. The van der Waals surface area contributed by atoms with E-state index in [4.69, 9.17) is 0 Å². The molecule has 0 fully saturated rings. The van der Waals surface area contributed by atoms with Gasteiger partial charge in [0, 0.05) is 0 Å². The van der Waals surface area contributed by atoms with Gasteiger partial charge in [-0.2, -0.15) is 0 Å². The van der Waals surface area contributed by atoms with Crippen molar-refractivity contribution in [2.24, 2.45) is 0 Å². The topological polar surface area (TPSA) is 57.2 Å². The first-order chi connectivity index (χ1) is 18.0. The van der Waals surface area contributed by atoms with Gasteiger partial charge in [-0.1, -0.05) is 63.8 Å². The summed E-state index contributed by atoms with van der Waals surface area (Å²) in [6.45, 7) is 4.53. The second kappa shape index (κ2) is 15.5. The number of unbranched alkanes of at least 4 members (excludes halogenated alkanes) is 4. The van der Waals surface area contributed by atoms with E-state index in [1.54, 1.807) is 0 Å². The molecular formula is C28H30F5IO3S. The monoisotopic (exact) mass is 668 g/mol. The third kappa shape index (κ3) is 9.60. The van der Waals surface area contributed by atoms with Gasteiger partial charge in [0.25, 0.3) is 0 Å². The van der Waals surface area contributed by atoms with Crippen molar-refractivity contribution >= 4 is 10.1 Å². The average molecular weight is 669 g/mol. The van der Waals surface area contributed by atoms with Crippen molar-refractivity contribution in [2.75, 3.05) is 0 Å². The van der Waals surface area contributed by atoms with Crippen LogP contribution in [0.15, 0.2) is 53.4 Å². The van der Waals surface area contributed by atoms with Crippen molar-refractivity contribution in [1.82, 2.24) is 0 Å². The Kier molecular flexibility index (Phi) is 13.1. The molecular weight excluding hydrogens is 638 g/mol. The molecule has 10 heteroatoms. The summed E-state index contributed by atoms with van der Waals surface area (Å²) in [7, 11) is -5.77. The predicted molar refractivity (Wildman–Crippen MR) is 131 cm³/mol. The van der Waals surface area contributed by atoms with Crippen molar-refractivity contribution < 1.29 is 56.1 Å². The summed E-state index contributed by atoms with van der Waals surface area (Å²) in [5.41, 5.74) is 3.00. The Morgan fingerprint density at radius 2 is 0.947 bits per heavy atom. The first-order valence-corrected chi connectivity index (χ1v) is 15.9. The summed E-state index contributed by atoms with van der Waals surface area (Å²) in [5.74, 6) is -12.8. The van der Waals surface area contributed by atoms with E-state index in [1.165, 1.54) is 69.6 Å². The Hall–Kier alpha value is -2.05. The lowest BCUT2D eigenvalue weighted by Gasteiger charge is -2.10. The van der Waals surface area contributed by atoms with E-state index >= 15 is 0 Å². The molecule has 0 spiro atoms. The Morgan fingerprint density at radius 3 is 1.26 bits per heavy atom. The van der Waals surface area contributed by atoms with Crippen LogP contribution in [-0.2, 0) is 23.0 Å². The highest BCUT2D eigenvalue weighted by atomic mass is 127. The summed E-state index contributed by atoms with van der Waals surface area (Å²) in [4.78, 5) is -2.38. The fourth-order valence-corrected chi connectivity index (χ4v) is 6.29. The minimum absolute atomic E-state index is 0.0305. The van der Waals surface area contributed by atoms with Gasteiger partial charge in [0.05, 0.1) is 0 Å². The summed E-state index contributed by atoms with van der Waals surface area (Å²) in [6, 6.07) is 18.8. The molecule has 3 nitrogen and oxygen atoms in total. The Labute approximate surface area is 231 Å². The maximum Gasteiger partial charge on any atom is 0.357 e. The molecule has 0 unspecified atom stereocenters. The molecule has 0 saturated carbocycles. The van der Waals surface area contributed by atoms with Crippen LogP contribution in [0.4, 0.5) is 22.0 Å². The van der Waals surface area contributed by atoms with E-state index in [0.29, 0.717) is 0 Å². The van der Waals surface area contributed by atoms with E-state index in [2.05, 4.69) is 62.4 Å². The molecule has 0 radical (unpaired) electrons.